The van der Waals surface area contributed by atoms with Gasteiger partial charge in [-0.1, -0.05) is 12.8 Å². The Morgan fingerprint density at radius 3 is 2.31 bits per heavy atom. The summed E-state index contributed by atoms with van der Waals surface area (Å²) in [5.74, 6) is 0. The van der Waals surface area contributed by atoms with Gasteiger partial charge in [0.15, 0.2) is 6.29 Å². The monoisotopic (exact) mass is 228 g/mol. The zero-order valence-electron chi connectivity index (χ0n) is 10.2. The molecule has 2 rings (SSSR count). The van der Waals surface area contributed by atoms with Gasteiger partial charge >= 0.3 is 0 Å². The first-order valence-corrected chi connectivity index (χ1v) is 6.80. The molecular formula is C13H24O3. The predicted octanol–water partition coefficient (Wildman–Crippen LogP) is 2.88. The standard InChI is InChI=1S/C13H24O3/c1(3-8-13-15-10-11-16-13)2-6-12-7-4-5-9-14-12/h12-13H,1-11H2. The lowest BCUT2D eigenvalue weighted by Crippen LogP contribution is -2.18. The van der Waals surface area contributed by atoms with E-state index in [4.69, 9.17) is 14.2 Å². The van der Waals surface area contributed by atoms with Gasteiger partial charge in [0, 0.05) is 6.61 Å². The van der Waals surface area contributed by atoms with Crippen LogP contribution in [0.5, 0.6) is 0 Å². The van der Waals surface area contributed by atoms with E-state index < -0.39 is 0 Å². The Kier molecular flexibility index (Phi) is 5.59. The molecule has 0 aromatic carbocycles. The number of hydrogen-bond acceptors (Lipinski definition) is 3. The van der Waals surface area contributed by atoms with E-state index >= 15 is 0 Å². The van der Waals surface area contributed by atoms with Crippen LogP contribution in [0.3, 0.4) is 0 Å². The SMILES string of the molecule is C(CCC1CCCCO1)CCC1OCCO1. The molecule has 3 heteroatoms. The van der Waals surface area contributed by atoms with Gasteiger partial charge in [-0.25, -0.2) is 0 Å². The fourth-order valence-electron chi connectivity index (χ4n) is 2.47. The minimum atomic E-state index is 0.0888. The zero-order chi connectivity index (χ0) is 11.1. The molecule has 0 N–H and O–H groups in total. The summed E-state index contributed by atoms with van der Waals surface area (Å²) in [5.41, 5.74) is 0. The second kappa shape index (κ2) is 7.25. The van der Waals surface area contributed by atoms with Crippen molar-refractivity contribution < 1.29 is 14.2 Å². The summed E-state index contributed by atoms with van der Waals surface area (Å²) in [7, 11) is 0. The third kappa shape index (κ3) is 4.40. The van der Waals surface area contributed by atoms with Gasteiger partial charge in [-0.3, -0.25) is 0 Å². The van der Waals surface area contributed by atoms with Crippen molar-refractivity contribution in [2.75, 3.05) is 19.8 Å². The summed E-state index contributed by atoms with van der Waals surface area (Å²) in [6, 6.07) is 0. The quantitative estimate of drug-likeness (QED) is 0.654. The largest absolute Gasteiger partial charge is 0.378 e. The van der Waals surface area contributed by atoms with Gasteiger partial charge < -0.3 is 14.2 Å². The molecule has 1 unspecified atom stereocenters. The number of unbranched alkanes of at least 4 members (excludes halogenated alkanes) is 2. The second-order valence-electron chi connectivity index (χ2n) is 4.80. The molecule has 3 nitrogen and oxygen atoms in total. The maximum absolute atomic E-state index is 5.71. The zero-order valence-corrected chi connectivity index (χ0v) is 10.2. The highest BCUT2D eigenvalue weighted by atomic mass is 16.7. The molecule has 16 heavy (non-hydrogen) atoms. The summed E-state index contributed by atoms with van der Waals surface area (Å²) in [5, 5.41) is 0. The molecule has 2 saturated heterocycles. The van der Waals surface area contributed by atoms with Gasteiger partial charge in [0.1, 0.15) is 0 Å². The average molecular weight is 228 g/mol. The Bertz CT molecular complexity index is 172. The fraction of sp³-hybridized carbons (Fsp3) is 1.00. The molecule has 94 valence electrons. The molecule has 2 aliphatic heterocycles. The Hall–Kier alpha value is -0.120. The van der Waals surface area contributed by atoms with Crippen LogP contribution in [0.25, 0.3) is 0 Å². The minimum absolute atomic E-state index is 0.0888. The van der Waals surface area contributed by atoms with E-state index in [1.54, 1.807) is 0 Å². The highest BCUT2D eigenvalue weighted by Crippen LogP contribution is 2.19. The topological polar surface area (TPSA) is 27.7 Å². The fourth-order valence-corrected chi connectivity index (χ4v) is 2.47. The van der Waals surface area contributed by atoms with Crippen molar-refractivity contribution in [3.8, 4) is 0 Å². The lowest BCUT2D eigenvalue weighted by atomic mass is 10.0. The summed E-state index contributed by atoms with van der Waals surface area (Å²) < 4.78 is 16.5. The molecule has 2 fully saturated rings. The van der Waals surface area contributed by atoms with Crippen molar-refractivity contribution in [3.05, 3.63) is 0 Å². The van der Waals surface area contributed by atoms with E-state index in [0.29, 0.717) is 6.10 Å². The van der Waals surface area contributed by atoms with E-state index in [1.165, 1.54) is 44.9 Å². The molecule has 0 bridgehead atoms. The smallest absolute Gasteiger partial charge is 0.157 e. The van der Waals surface area contributed by atoms with Crippen LogP contribution in [-0.4, -0.2) is 32.2 Å². The van der Waals surface area contributed by atoms with Gasteiger partial charge in [-0.15, -0.1) is 0 Å². The summed E-state index contributed by atoms with van der Waals surface area (Å²) in [4.78, 5) is 0. The maximum Gasteiger partial charge on any atom is 0.157 e. The van der Waals surface area contributed by atoms with Crippen LogP contribution >= 0.6 is 0 Å². The Morgan fingerprint density at radius 1 is 0.750 bits per heavy atom. The maximum atomic E-state index is 5.71. The van der Waals surface area contributed by atoms with Crippen LogP contribution in [0.4, 0.5) is 0 Å². The lowest BCUT2D eigenvalue weighted by molar-refractivity contribution is -0.0482. The molecule has 2 aliphatic rings. The number of hydrogen-bond donors (Lipinski definition) is 0. The van der Waals surface area contributed by atoms with Crippen molar-refractivity contribution in [3.63, 3.8) is 0 Å². The molecule has 0 aromatic rings. The summed E-state index contributed by atoms with van der Waals surface area (Å²) >= 11 is 0. The lowest BCUT2D eigenvalue weighted by Gasteiger charge is -2.22. The third-order valence-corrected chi connectivity index (χ3v) is 3.43. The molecule has 0 saturated carbocycles. The number of ether oxygens (including phenoxy) is 3. The summed E-state index contributed by atoms with van der Waals surface area (Å²) in [6.45, 7) is 2.54. The minimum Gasteiger partial charge on any atom is -0.378 e. The highest BCUT2D eigenvalue weighted by molar-refractivity contribution is 4.63. The van der Waals surface area contributed by atoms with Gasteiger partial charge in [-0.05, 0) is 38.5 Å². The Morgan fingerprint density at radius 2 is 1.56 bits per heavy atom. The third-order valence-electron chi connectivity index (χ3n) is 3.43. The van der Waals surface area contributed by atoms with Crippen LogP contribution in [-0.2, 0) is 14.2 Å². The number of rotatable bonds is 6. The van der Waals surface area contributed by atoms with Crippen LogP contribution in [0.15, 0.2) is 0 Å². The molecular weight excluding hydrogens is 204 g/mol. The molecule has 2 heterocycles. The van der Waals surface area contributed by atoms with Gasteiger partial charge in [0.2, 0.25) is 0 Å². The van der Waals surface area contributed by atoms with Crippen LogP contribution < -0.4 is 0 Å². The first kappa shape index (κ1) is 12.3. The van der Waals surface area contributed by atoms with E-state index in [9.17, 15) is 0 Å². The van der Waals surface area contributed by atoms with Crippen molar-refractivity contribution in [1.82, 2.24) is 0 Å². The Labute approximate surface area is 98.4 Å². The van der Waals surface area contributed by atoms with Crippen LogP contribution in [0.2, 0.25) is 0 Å². The molecule has 0 aromatic heterocycles. The predicted molar refractivity (Wildman–Crippen MR) is 62.4 cm³/mol. The van der Waals surface area contributed by atoms with Crippen molar-refractivity contribution >= 4 is 0 Å². The van der Waals surface area contributed by atoms with E-state index in [1.807, 2.05) is 0 Å². The first-order chi connectivity index (χ1) is 7.95. The van der Waals surface area contributed by atoms with Crippen molar-refractivity contribution in [1.29, 1.82) is 0 Å². The Balaban J connectivity index is 1.42. The van der Waals surface area contributed by atoms with E-state index in [2.05, 4.69) is 0 Å². The van der Waals surface area contributed by atoms with Gasteiger partial charge in [0.05, 0.1) is 19.3 Å². The second-order valence-corrected chi connectivity index (χ2v) is 4.80. The molecule has 1 atom stereocenters. The van der Waals surface area contributed by atoms with Gasteiger partial charge in [-0.2, -0.15) is 0 Å². The molecule has 0 spiro atoms. The molecule has 0 radical (unpaired) electrons. The van der Waals surface area contributed by atoms with E-state index in [0.717, 1.165) is 26.2 Å². The molecule has 0 aliphatic carbocycles. The van der Waals surface area contributed by atoms with E-state index in [-0.39, 0.29) is 6.29 Å². The van der Waals surface area contributed by atoms with Crippen molar-refractivity contribution in [2.45, 2.75) is 63.8 Å². The van der Waals surface area contributed by atoms with Gasteiger partial charge in [0.25, 0.3) is 0 Å². The normalized spacial score (nSPS) is 27.4. The van der Waals surface area contributed by atoms with Crippen LogP contribution in [0, 0.1) is 0 Å². The van der Waals surface area contributed by atoms with Crippen molar-refractivity contribution in [2.24, 2.45) is 0 Å². The first-order valence-electron chi connectivity index (χ1n) is 6.80. The average Bonchev–Trinajstić information content (AvgIpc) is 2.83. The van der Waals surface area contributed by atoms with Crippen LogP contribution in [0.1, 0.15) is 51.4 Å². The highest BCUT2D eigenvalue weighted by Gasteiger charge is 2.15. The molecule has 0 amide bonds. The summed E-state index contributed by atoms with van der Waals surface area (Å²) in [6.07, 6.45) is 10.6.